The van der Waals surface area contributed by atoms with E-state index < -0.39 is 6.10 Å². The maximum absolute atomic E-state index is 12.7. The number of rotatable bonds is 8. The van der Waals surface area contributed by atoms with Gasteiger partial charge in [-0.2, -0.15) is 0 Å². The van der Waals surface area contributed by atoms with Crippen LogP contribution in [-0.2, 0) is 16.0 Å². The number of aryl methyl sites for hydroxylation is 2. The van der Waals surface area contributed by atoms with E-state index in [0.29, 0.717) is 29.9 Å². The summed E-state index contributed by atoms with van der Waals surface area (Å²) in [6.07, 6.45) is 2.44. The predicted octanol–water partition coefficient (Wildman–Crippen LogP) is 4.83. The Hall–Kier alpha value is -2.64. The first-order valence-electron chi connectivity index (χ1n) is 11.0. The third kappa shape index (κ3) is 5.58. The average Bonchev–Trinajstić information content (AvgIpc) is 3.29. The van der Waals surface area contributed by atoms with Crippen LogP contribution in [-0.4, -0.2) is 46.5 Å². The van der Waals surface area contributed by atoms with Gasteiger partial charge >= 0.3 is 0 Å². The van der Waals surface area contributed by atoms with Crippen molar-refractivity contribution in [3.05, 3.63) is 77.5 Å². The van der Waals surface area contributed by atoms with Crippen LogP contribution in [0.25, 0.3) is 0 Å². The first kappa shape index (κ1) is 22.6. The lowest BCUT2D eigenvalue weighted by molar-refractivity contribution is -0.132. The highest BCUT2D eigenvalue weighted by atomic mass is 32.2. The van der Waals surface area contributed by atoms with Crippen LogP contribution < -0.4 is 0 Å². The van der Waals surface area contributed by atoms with Crippen LogP contribution in [0.2, 0.25) is 0 Å². The van der Waals surface area contributed by atoms with Crippen LogP contribution in [0.1, 0.15) is 48.3 Å². The number of carbonyl (C=O) groups excluding carboxylic acids is 1. The summed E-state index contributed by atoms with van der Waals surface area (Å²) in [7, 11) is 1.62. The molecule has 0 unspecified atom stereocenters. The van der Waals surface area contributed by atoms with Gasteiger partial charge in [0.15, 0.2) is 6.10 Å². The molecule has 0 spiro atoms. The lowest BCUT2D eigenvalue weighted by atomic mass is 10.1. The van der Waals surface area contributed by atoms with Crippen molar-refractivity contribution < 1.29 is 13.9 Å². The minimum atomic E-state index is -0.405. The van der Waals surface area contributed by atoms with Gasteiger partial charge in [0.25, 0.3) is 0 Å². The van der Waals surface area contributed by atoms with E-state index in [1.807, 2.05) is 47.0 Å². The SMILES string of the molecule is CO[C@H](c1ccccc1)c1nnc(CCC(=O)N2CCC(Sc3ccccc3C)CC2)o1. The molecule has 1 aliphatic heterocycles. The first-order valence-corrected chi connectivity index (χ1v) is 11.9. The number of methoxy groups -OCH3 is 1. The highest BCUT2D eigenvalue weighted by Crippen LogP contribution is 2.32. The highest BCUT2D eigenvalue weighted by Gasteiger charge is 2.25. The van der Waals surface area contributed by atoms with E-state index in [4.69, 9.17) is 9.15 Å². The highest BCUT2D eigenvalue weighted by molar-refractivity contribution is 8.00. The molecule has 0 N–H and O–H groups in total. The van der Waals surface area contributed by atoms with E-state index in [-0.39, 0.29) is 5.91 Å². The molecule has 1 aliphatic rings. The Morgan fingerprint density at radius 1 is 1.12 bits per heavy atom. The zero-order chi connectivity index (χ0) is 22.3. The van der Waals surface area contributed by atoms with E-state index in [1.54, 1.807) is 7.11 Å². The monoisotopic (exact) mass is 451 g/mol. The Labute approximate surface area is 193 Å². The van der Waals surface area contributed by atoms with Crippen LogP contribution in [0.15, 0.2) is 63.9 Å². The molecule has 0 radical (unpaired) electrons. The van der Waals surface area contributed by atoms with Crippen molar-refractivity contribution >= 4 is 17.7 Å². The topological polar surface area (TPSA) is 68.5 Å². The number of hydrogen-bond donors (Lipinski definition) is 0. The van der Waals surface area contributed by atoms with Gasteiger partial charge in [0, 0.05) is 43.2 Å². The molecule has 2 aromatic carbocycles. The number of piperidine rings is 1. The van der Waals surface area contributed by atoms with Crippen molar-refractivity contribution in [1.82, 2.24) is 15.1 Å². The maximum Gasteiger partial charge on any atom is 0.249 e. The van der Waals surface area contributed by atoms with Gasteiger partial charge in [-0.15, -0.1) is 22.0 Å². The van der Waals surface area contributed by atoms with Crippen molar-refractivity contribution in [1.29, 1.82) is 0 Å². The third-order valence-electron chi connectivity index (χ3n) is 5.78. The van der Waals surface area contributed by atoms with E-state index in [9.17, 15) is 4.79 Å². The minimum Gasteiger partial charge on any atom is -0.422 e. The normalized spacial score (nSPS) is 15.6. The number of nitrogens with zero attached hydrogens (tertiary/aromatic N) is 3. The number of thioether (sulfide) groups is 1. The fourth-order valence-corrected chi connectivity index (χ4v) is 5.16. The molecule has 7 heteroatoms. The van der Waals surface area contributed by atoms with Crippen molar-refractivity contribution in [2.24, 2.45) is 0 Å². The fraction of sp³-hybridized carbons (Fsp3) is 0.400. The number of ether oxygens (including phenoxy) is 1. The summed E-state index contributed by atoms with van der Waals surface area (Å²) in [5.41, 5.74) is 2.27. The fourth-order valence-electron chi connectivity index (χ4n) is 3.94. The molecule has 0 bridgehead atoms. The molecule has 1 aromatic heterocycles. The largest absolute Gasteiger partial charge is 0.422 e. The molecule has 3 aromatic rings. The summed E-state index contributed by atoms with van der Waals surface area (Å²) in [5, 5.41) is 8.82. The molecule has 1 amide bonds. The van der Waals surface area contributed by atoms with E-state index in [0.717, 1.165) is 31.5 Å². The van der Waals surface area contributed by atoms with Crippen LogP contribution in [0.4, 0.5) is 0 Å². The molecule has 1 saturated heterocycles. The summed E-state index contributed by atoms with van der Waals surface area (Å²) in [6.45, 7) is 3.76. The van der Waals surface area contributed by atoms with Crippen LogP contribution in [0.5, 0.6) is 0 Å². The van der Waals surface area contributed by atoms with Crippen LogP contribution in [0, 0.1) is 6.92 Å². The zero-order valence-corrected chi connectivity index (χ0v) is 19.4. The lowest BCUT2D eigenvalue weighted by Crippen LogP contribution is -2.39. The molecule has 4 rings (SSSR count). The van der Waals surface area contributed by atoms with Gasteiger partial charge in [0.05, 0.1) is 0 Å². The van der Waals surface area contributed by atoms with Gasteiger partial charge in [0.2, 0.25) is 17.7 Å². The quantitative estimate of drug-likeness (QED) is 0.489. The Morgan fingerprint density at radius 2 is 1.84 bits per heavy atom. The maximum atomic E-state index is 12.7. The second-order valence-electron chi connectivity index (χ2n) is 8.02. The minimum absolute atomic E-state index is 0.149. The number of amides is 1. The van der Waals surface area contributed by atoms with Gasteiger partial charge in [-0.05, 0) is 37.0 Å². The Balaban J connectivity index is 1.25. The second-order valence-corrected chi connectivity index (χ2v) is 9.37. The molecule has 1 atom stereocenters. The smallest absolute Gasteiger partial charge is 0.249 e. The molecular weight excluding hydrogens is 422 g/mol. The molecule has 1 fully saturated rings. The first-order chi connectivity index (χ1) is 15.6. The van der Waals surface area contributed by atoms with Crippen molar-refractivity contribution in [3.63, 3.8) is 0 Å². The second kappa shape index (κ2) is 10.8. The number of aromatic nitrogens is 2. The van der Waals surface area contributed by atoms with E-state index in [1.165, 1.54) is 10.5 Å². The Morgan fingerprint density at radius 3 is 2.56 bits per heavy atom. The number of likely N-dealkylation sites (tertiary alicyclic amines) is 1. The molecule has 32 heavy (non-hydrogen) atoms. The summed E-state index contributed by atoms with van der Waals surface area (Å²) in [6, 6.07) is 18.3. The van der Waals surface area contributed by atoms with Gasteiger partial charge in [-0.25, -0.2) is 0 Å². The Bertz CT molecular complexity index is 1020. The van der Waals surface area contributed by atoms with Gasteiger partial charge in [-0.1, -0.05) is 48.5 Å². The van der Waals surface area contributed by atoms with Gasteiger partial charge in [0.1, 0.15) is 0 Å². The number of benzene rings is 2. The molecule has 0 saturated carbocycles. The molecule has 0 aliphatic carbocycles. The van der Waals surface area contributed by atoms with Crippen molar-refractivity contribution in [3.8, 4) is 0 Å². The molecular formula is C25H29N3O3S. The Kier molecular flexibility index (Phi) is 7.60. The summed E-state index contributed by atoms with van der Waals surface area (Å²) in [5.74, 6) is 1.03. The van der Waals surface area contributed by atoms with Gasteiger partial charge < -0.3 is 14.1 Å². The van der Waals surface area contributed by atoms with Crippen molar-refractivity contribution in [2.75, 3.05) is 20.2 Å². The summed E-state index contributed by atoms with van der Waals surface area (Å²) >= 11 is 1.94. The standard InChI is InChI=1S/C25H29N3O3S/c1-18-8-6-7-11-21(18)32-20-14-16-28(17-15-20)23(29)13-12-22-26-27-25(31-22)24(30-2)19-9-4-3-5-10-19/h3-11,20,24H,12-17H2,1-2H3/t24-/m1/s1. The van der Waals surface area contributed by atoms with Crippen LogP contribution in [0.3, 0.4) is 0 Å². The number of carbonyl (C=O) groups is 1. The number of hydrogen-bond acceptors (Lipinski definition) is 6. The summed E-state index contributed by atoms with van der Waals surface area (Å²) < 4.78 is 11.3. The zero-order valence-electron chi connectivity index (χ0n) is 18.6. The van der Waals surface area contributed by atoms with Crippen LogP contribution >= 0.6 is 11.8 Å². The van der Waals surface area contributed by atoms with E-state index >= 15 is 0 Å². The van der Waals surface area contributed by atoms with Gasteiger partial charge in [-0.3, -0.25) is 4.79 Å². The molecule has 6 nitrogen and oxygen atoms in total. The predicted molar refractivity (Wildman–Crippen MR) is 125 cm³/mol. The lowest BCUT2D eigenvalue weighted by Gasteiger charge is -2.32. The average molecular weight is 452 g/mol. The third-order valence-corrected chi connectivity index (χ3v) is 7.30. The van der Waals surface area contributed by atoms with E-state index in [2.05, 4.69) is 41.4 Å². The van der Waals surface area contributed by atoms with Crippen molar-refractivity contribution in [2.45, 2.75) is 48.9 Å². The summed E-state index contributed by atoms with van der Waals surface area (Å²) in [4.78, 5) is 16.0. The molecule has 168 valence electrons. The molecule has 2 heterocycles.